The molecule has 3 rings (SSSR count). The summed E-state index contributed by atoms with van der Waals surface area (Å²) in [6.07, 6.45) is -0.764. The number of benzene rings is 1. The number of thiophene rings is 1. The molecule has 25 heavy (non-hydrogen) atoms. The van der Waals surface area contributed by atoms with Gasteiger partial charge >= 0.3 is 5.97 Å². The molecule has 2 heterocycles. The van der Waals surface area contributed by atoms with Gasteiger partial charge in [-0.3, -0.25) is 4.79 Å². The molecule has 1 unspecified atom stereocenters. The Morgan fingerprint density at radius 2 is 1.92 bits per heavy atom. The number of rotatable bonds is 3. The van der Waals surface area contributed by atoms with Crippen molar-refractivity contribution in [1.82, 2.24) is 9.97 Å². The Labute approximate surface area is 157 Å². The lowest BCUT2D eigenvalue weighted by Crippen LogP contribution is -2.17. The second-order valence-electron chi connectivity index (χ2n) is 5.56. The summed E-state index contributed by atoms with van der Waals surface area (Å²) in [6, 6.07) is 4.75. The van der Waals surface area contributed by atoms with Gasteiger partial charge in [-0.2, -0.15) is 0 Å². The van der Waals surface area contributed by atoms with Crippen molar-refractivity contribution < 1.29 is 9.53 Å². The zero-order valence-corrected chi connectivity index (χ0v) is 16.0. The largest absolute Gasteiger partial charge is 0.451 e. The molecule has 130 valence electrons. The topological polar surface area (TPSA) is 72.0 Å². The molecule has 0 bridgehead atoms. The van der Waals surface area contributed by atoms with E-state index in [-0.39, 0.29) is 27.0 Å². The highest BCUT2D eigenvalue weighted by molar-refractivity contribution is 7.18. The number of esters is 1. The van der Waals surface area contributed by atoms with Gasteiger partial charge in [0.25, 0.3) is 5.56 Å². The second kappa shape index (κ2) is 6.78. The summed E-state index contributed by atoms with van der Waals surface area (Å²) in [5.74, 6) is -0.403. The van der Waals surface area contributed by atoms with Crippen LogP contribution in [0.25, 0.3) is 10.2 Å². The van der Waals surface area contributed by atoms with Gasteiger partial charge in [-0.05, 0) is 38.5 Å². The van der Waals surface area contributed by atoms with Crippen LogP contribution in [-0.2, 0) is 4.74 Å². The van der Waals surface area contributed by atoms with Crippen molar-refractivity contribution in [2.75, 3.05) is 0 Å². The van der Waals surface area contributed by atoms with Gasteiger partial charge in [-0.25, -0.2) is 9.78 Å². The van der Waals surface area contributed by atoms with Crippen molar-refractivity contribution in [3.63, 3.8) is 0 Å². The maximum Gasteiger partial charge on any atom is 0.341 e. The van der Waals surface area contributed by atoms with E-state index in [2.05, 4.69) is 9.97 Å². The number of ether oxygens (including phenoxy) is 1. The summed E-state index contributed by atoms with van der Waals surface area (Å²) in [6.45, 7) is 5.44. The number of aryl methyl sites for hydroxylation is 2. The normalized spacial score (nSPS) is 12.4. The molecule has 1 atom stereocenters. The van der Waals surface area contributed by atoms with Crippen LogP contribution in [0.4, 0.5) is 0 Å². The number of carbonyl (C=O) groups is 1. The predicted octanol–water partition coefficient (Wildman–Crippen LogP) is 4.83. The van der Waals surface area contributed by atoms with Crippen LogP contribution in [0.3, 0.4) is 0 Å². The summed E-state index contributed by atoms with van der Waals surface area (Å²) in [4.78, 5) is 33.5. The van der Waals surface area contributed by atoms with Gasteiger partial charge in [-0.15, -0.1) is 11.3 Å². The van der Waals surface area contributed by atoms with Gasteiger partial charge in [0.1, 0.15) is 4.83 Å². The van der Waals surface area contributed by atoms with Gasteiger partial charge in [0, 0.05) is 4.88 Å². The van der Waals surface area contributed by atoms with Crippen LogP contribution in [0.1, 0.15) is 39.7 Å². The van der Waals surface area contributed by atoms with Gasteiger partial charge in [-0.1, -0.05) is 29.3 Å². The molecule has 0 amide bonds. The fraction of sp³-hybridized carbons (Fsp3) is 0.235. The van der Waals surface area contributed by atoms with E-state index in [1.165, 1.54) is 11.3 Å². The van der Waals surface area contributed by atoms with E-state index in [4.69, 9.17) is 27.9 Å². The van der Waals surface area contributed by atoms with Crippen molar-refractivity contribution in [2.45, 2.75) is 26.9 Å². The zero-order valence-electron chi connectivity index (χ0n) is 13.6. The van der Waals surface area contributed by atoms with Crippen LogP contribution in [0.2, 0.25) is 10.0 Å². The number of halogens is 2. The van der Waals surface area contributed by atoms with E-state index in [1.807, 2.05) is 13.8 Å². The first-order valence-corrected chi connectivity index (χ1v) is 9.01. The smallest absolute Gasteiger partial charge is 0.341 e. The number of aromatic nitrogens is 2. The average molecular weight is 397 g/mol. The number of aromatic amines is 1. The molecule has 0 fully saturated rings. The van der Waals surface area contributed by atoms with Crippen LogP contribution in [0.5, 0.6) is 0 Å². The van der Waals surface area contributed by atoms with Gasteiger partial charge in [0.2, 0.25) is 0 Å². The molecule has 0 saturated heterocycles. The molecule has 3 aromatic rings. The summed E-state index contributed by atoms with van der Waals surface area (Å²) < 4.78 is 5.39. The number of hydrogen-bond donors (Lipinski definition) is 1. The number of hydrogen-bond acceptors (Lipinski definition) is 5. The third-order valence-electron chi connectivity index (χ3n) is 3.89. The minimum absolute atomic E-state index is 0.0870. The minimum atomic E-state index is -0.764. The molecule has 2 aromatic heterocycles. The first kappa shape index (κ1) is 17.9. The molecule has 0 aliphatic rings. The Bertz CT molecular complexity index is 1020. The molecule has 0 aliphatic carbocycles. The minimum Gasteiger partial charge on any atom is -0.451 e. The molecule has 1 aromatic carbocycles. The fourth-order valence-corrected chi connectivity index (χ4v) is 4.02. The SMILES string of the molecule is Cc1sc2nc(C(C)OC(=O)c3c(Cl)cccc3Cl)[nH]c(=O)c2c1C. The Balaban J connectivity index is 1.94. The zero-order chi connectivity index (χ0) is 18.3. The number of fused-ring (bicyclic) bond motifs is 1. The lowest BCUT2D eigenvalue weighted by Gasteiger charge is -2.14. The van der Waals surface area contributed by atoms with Crippen molar-refractivity contribution in [2.24, 2.45) is 0 Å². The first-order valence-electron chi connectivity index (χ1n) is 7.44. The van der Waals surface area contributed by atoms with Crippen LogP contribution in [0, 0.1) is 13.8 Å². The molecule has 1 N–H and O–H groups in total. The number of H-pyrrole nitrogens is 1. The van der Waals surface area contributed by atoms with Crippen molar-refractivity contribution in [1.29, 1.82) is 0 Å². The highest BCUT2D eigenvalue weighted by Crippen LogP contribution is 2.29. The van der Waals surface area contributed by atoms with E-state index >= 15 is 0 Å². The lowest BCUT2D eigenvalue weighted by atomic mass is 10.2. The summed E-state index contributed by atoms with van der Waals surface area (Å²) in [5.41, 5.74) is 0.747. The van der Waals surface area contributed by atoms with Crippen LogP contribution < -0.4 is 5.56 Å². The Hall–Kier alpha value is -1.89. The summed E-state index contributed by atoms with van der Waals surface area (Å²) in [7, 11) is 0. The van der Waals surface area contributed by atoms with Gasteiger partial charge < -0.3 is 9.72 Å². The highest BCUT2D eigenvalue weighted by atomic mass is 35.5. The maximum absolute atomic E-state index is 12.4. The third-order valence-corrected chi connectivity index (χ3v) is 5.62. The van der Waals surface area contributed by atoms with E-state index in [0.29, 0.717) is 10.2 Å². The van der Waals surface area contributed by atoms with E-state index in [0.717, 1.165) is 10.4 Å². The fourth-order valence-electron chi connectivity index (χ4n) is 2.43. The molecule has 0 spiro atoms. The molecule has 0 saturated carbocycles. The molecular weight excluding hydrogens is 383 g/mol. The Morgan fingerprint density at radius 1 is 1.28 bits per heavy atom. The number of carbonyl (C=O) groups excluding carboxylic acids is 1. The van der Waals surface area contributed by atoms with Crippen molar-refractivity contribution in [3.05, 3.63) is 60.4 Å². The van der Waals surface area contributed by atoms with Gasteiger partial charge in [0.15, 0.2) is 11.9 Å². The molecule has 0 aliphatic heterocycles. The van der Waals surface area contributed by atoms with E-state index in [1.54, 1.807) is 25.1 Å². The standard InChI is InChI=1S/C17H14Cl2N2O3S/c1-7-9(3)25-16-12(7)15(22)20-14(21-16)8(2)24-17(23)13-10(18)5-4-6-11(13)19/h4-6,8H,1-3H3,(H,20,21,22). The van der Waals surface area contributed by atoms with Crippen LogP contribution in [-0.4, -0.2) is 15.9 Å². The van der Waals surface area contributed by atoms with E-state index < -0.39 is 12.1 Å². The Morgan fingerprint density at radius 3 is 2.56 bits per heavy atom. The predicted molar refractivity (Wildman–Crippen MR) is 100 cm³/mol. The molecular formula is C17H14Cl2N2O3S. The number of nitrogens with zero attached hydrogens (tertiary/aromatic N) is 1. The summed E-state index contributed by atoms with van der Waals surface area (Å²) in [5, 5.41) is 0.969. The van der Waals surface area contributed by atoms with Gasteiger partial charge in [0.05, 0.1) is 21.0 Å². The lowest BCUT2D eigenvalue weighted by molar-refractivity contribution is 0.0320. The van der Waals surface area contributed by atoms with E-state index in [9.17, 15) is 9.59 Å². The van der Waals surface area contributed by atoms with Crippen LogP contribution >= 0.6 is 34.5 Å². The average Bonchev–Trinajstić information content (AvgIpc) is 2.82. The quantitative estimate of drug-likeness (QED) is 0.643. The first-order chi connectivity index (χ1) is 11.8. The number of nitrogens with one attached hydrogen (secondary N) is 1. The van der Waals surface area contributed by atoms with Crippen molar-refractivity contribution in [3.8, 4) is 0 Å². The monoisotopic (exact) mass is 396 g/mol. The molecule has 5 nitrogen and oxygen atoms in total. The third kappa shape index (κ3) is 3.29. The second-order valence-corrected chi connectivity index (χ2v) is 7.58. The summed E-state index contributed by atoms with van der Waals surface area (Å²) >= 11 is 13.5. The molecule has 0 radical (unpaired) electrons. The van der Waals surface area contributed by atoms with Crippen molar-refractivity contribution >= 4 is 50.7 Å². The molecule has 8 heteroatoms. The Kier molecular flexibility index (Phi) is 4.86. The van der Waals surface area contributed by atoms with Crippen LogP contribution in [0.15, 0.2) is 23.0 Å². The maximum atomic E-state index is 12.4. The highest BCUT2D eigenvalue weighted by Gasteiger charge is 2.22.